The van der Waals surface area contributed by atoms with Gasteiger partial charge in [-0.2, -0.15) is 0 Å². The van der Waals surface area contributed by atoms with Crippen LogP contribution >= 0.6 is 0 Å². The Hall–Kier alpha value is -3.41. The van der Waals surface area contributed by atoms with Crippen molar-refractivity contribution in [2.75, 3.05) is 14.2 Å². The Balaban J connectivity index is 2.67. The van der Waals surface area contributed by atoms with E-state index in [0.717, 1.165) is 5.56 Å². The predicted octanol–water partition coefficient (Wildman–Crippen LogP) is 3.16. The van der Waals surface area contributed by atoms with E-state index in [-0.39, 0.29) is 5.57 Å². The third-order valence-electron chi connectivity index (χ3n) is 3.43. The molecule has 0 saturated carbocycles. The smallest absolute Gasteiger partial charge is 0.341 e. The van der Waals surface area contributed by atoms with Gasteiger partial charge in [-0.15, -0.1) is 0 Å². The minimum Gasteiger partial charge on any atom is -0.503 e. The van der Waals surface area contributed by atoms with Crippen molar-refractivity contribution in [3.63, 3.8) is 0 Å². The van der Waals surface area contributed by atoms with Crippen LogP contribution in [0.4, 0.5) is 0 Å². The quantitative estimate of drug-likeness (QED) is 0.199. The van der Waals surface area contributed by atoms with Gasteiger partial charge >= 0.3 is 11.9 Å². The Bertz CT molecular complexity index is 840. The number of carbonyl (C=O) groups excluding carboxylic acids is 2. The van der Waals surface area contributed by atoms with E-state index >= 15 is 0 Å². The molecule has 0 N–H and O–H groups in total. The molecule has 0 atom stereocenters. The van der Waals surface area contributed by atoms with Crippen molar-refractivity contribution in [1.29, 1.82) is 0 Å². The van der Waals surface area contributed by atoms with Gasteiger partial charge in [-0.1, -0.05) is 59.8 Å². The van der Waals surface area contributed by atoms with Gasteiger partial charge in [0.1, 0.15) is 11.3 Å². The second-order valence-electron chi connectivity index (χ2n) is 5.19. The standard InChI is InChI=1S/C20H19NO5/c1-14(22)26-21-19(15-9-5-4-6-10-15)17-12-8-7-11-16(17)18(13-24-2)20(23)25-3/h4-13H,1-3H3/b18-13+,21-19?. The first-order chi connectivity index (χ1) is 12.6. The number of carbonyl (C=O) groups is 2. The van der Waals surface area contributed by atoms with Crippen LogP contribution in [0.3, 0.4) is 0 Å². The first-order valence-electron chi connectivity index (χ1n) is 7.80. The number of rotatable bonds is 6. The molecule has 0 amide bonds. The van der Waals surface area contributed by atoms with Crippen molar-refractivity contribution in [2.45, 2.75) is 6.92 Å². The number of benzene rings is 2. The number of ether oxygens (including phenoxy) is 2. The molecule has 0 aliphatic heterocycles. The van der Waals surface area contributed by atoms with Gasteiger partial charge in [-0.05, 0) is 0 Å². The Morgan fingerprint density at radius 1 is 0.923 bits per heavy atom. The van der Waals surface area contributed by atoms with Crippen molar-refractivity contribution in [1.82, 2.24) is 0 Å². The molecule has 2 aromatic rings. The van der Waals surface area contributed by atoms with Crippen LogP contribution in [0, 0.1) is 0 Å². The van der Waals surface area contributed by atoms with Gasteiger partial charge in [-0.25, -0.2) is 9.59 Å². The summed E-state index contributed by atoms with van der Waals surface area (Å²) in [5, 5.41) is 4.00. The lowest BCUT2D eigenvalue weighted by Gasteiger charge is -2.13. The lowest BCUT2D eigenvalue weighted by atomic mass is 9.93. The van der Waals surface area contributed by atoms with E-state index in [1.165, 1.54) is 27.4 Å². The SMILES string of the molecule is CO/C=C(/C(=O)OC)c1ccccc1C(=NOC(C)=O)c1ccccc1. The molecule has 0 fully saturated rings. The highest BCUT2D eigenvalue weighted by Crippen LogP contribution is 2.24. The molecule has 0 aliphatic carbocycles. The van der Waals surface area contributed by atoms with E-state index in [9.17, 15) is 9.59 Å². The number of hydrogen-bond acceptors (Lipinski definition) is 6. The number of hydrogen-bond donors (Lipinski definition) is 0. The number of oxime groups is 1. The average Bonchev–Trinajstić information content (AvgIpc) is 2.67. The summed E-state index contributed by atoms with van der Waals surface area (Å²) in [5.41, 5.74) is 2.48. The lowest BCUT2D eigenvalue weighted by molar-refractivity contribution is -0.141. The van der Waals surface area contributed by atoms with Gasteiger partial charge in [0.15, 0.2) is 0 Å². The van der Waals surface area contributed by atoms with Crippen LogP contribution in [-0.4, -0.2) is 31.9 Å². The first kappa shape index (κ1) is 18.9. The van der Waals surface area contributed by atoms with Crippen LogP contribution in [0.5, 0.6) is 0 Å². The normalized spacial score (nSPS) is 11.7. The Morgan fingerprint density at radius 2 is 1.54 bits per heavy atom. The summed E-state index contributed by atoms with van der Waals surface area (Å²) in [5.74, 6) is -1.10. The van der Waals surface area contributed by atoms with Crippen molar-refractivity contribution in [2.24, 2.45) is 5.16 Å². The fourth-order valence-electron chi connectivity index (χ4n) is 2.34. The molecule has 0 unspecified atom stereocenters. The topological polar surface area (TPSA) is 74.2 Å². The zero-order valence-corrected chi connectivity index (χ0v) is 14.8. The first-order valence-corrected chi connectivity index (χ1v) is 7.80. The maximum Gasteiger partial charge on any atom is 0.341 e. The molecule has 0 aromatic heterocycles. The lowest BCUT2D eigenvalue weighted by Crippen LogP contribution is -2.12. The van der Waals surface area contributed by atoms with Crippen LogP contribution in [0.15, 0.2) is 66.0 Å². The molecule has 0 radical (unpaired) electrons. The van der Waals surface area contributed by atoms with Gasteiger partial charge in [-0.3, -0.25) is 0 Å². The van der Waals surface area contributed by atoms with Gasteiger partial charge in [0, 0.05) is 23.6 Å². The fourth-order valence-corrected chi connectivity index (χ4v) is 2.34. The summed E-state index contributed by atoms with van der Waals surface area (Å²) in [6.45, 7) is 1.27. The molecule has 0 saturated heterocycles. The van der Waals surface area contributed by atoms with Gasteiger partial charge < -0.3 is 14.3 Å². The summed E-state index contributed by atoms with van der Waals surface area (Å²) in [7, 11) is 2.73. The summed E-state index contributed by atoms with van der Waals surface area (Å²) in [6, 6.07) is 16.3. The van der Waals surface area contributed by atoms with Gasteiger partial charge in [0.05, 0.1) is 20.5 Å². The Kier molecular flexibility index (Phi) is 6.68. The molecule has 134 valence electrons. The van der Waals surface area contributed by atoms with Crippen LogP contribution in [0.25, 0.3) is 5.57 Å². The summed E-state index contributed by atoms with van der Waals surface area (Å²) in [6.07, 6.45) is 1.30. The predicted molar refractivity (Wildman–Crippen MR) is 97.3 cm³/mol. The third kappa shape index (κ3) is 4.57. The van der Waals surface area contributed by atoms with Crippen molar-refractivity contribution >= 4 is 23.2 Å². The van der Waals surface area contributed by atoms with E-state index in [0.29, 0.717) is 16.8 Å². The van der Waals surface area contributed by atoms with Crippen LogP contribution in [-0.2, 0) is 23.9 Å². The highest BCUT2D eigenvalue weighted by atomic mass is 16.7. The van der Waals surface area contributed by atoms with Crippen LogP contribution < -0.4 is 0 Å². The highest BCUT2D eigenvalue weighted by molar-refractivity contribution is 6.22. The molecule has 0 bridgehead atoms. The molecule has 0 aliphatic rings. The summed E-state index contributed by atoms with van der Waals surface area (Å²) < 4.78 is 9.88. The molecule has 0 heterocycles. The molecule has 26 heavy (non-hydrogen) atoms. The van der Waals surface area contributed by atoms with E-state index in [2.05, 4.69) is 5.16 Å². The monoisotopic (exact) mass is 353 g/mol. The maximum atomic E-state index is 12.2. The minimum absolute atomic E-state index is 0.219. The molecule has 2 aromatic carbocycles. The van der Waals surface area contributed by atoms with Gasteiger partial charge in [0.2, 0.25) is 0 Å². The zero-order chi connectivity index (χ0) is 18.9. The van der Waals surface area contributed by atoms with Crippen molar-refractivity contribution in [3.05, 3.63) is 77.5 Å². The minimum atomic E-state index is -0.556. The number of esters is 1. The van der Waals surface area contributed by atoms with E-state index in [1.807, 2.05) is 30.3 Å². The molecular weight excluding hydrogens is 334 g/mol. The summed E-state index contributed by atoms with van der Waals surface area (Å²) >= 11 is 0. The largest absolute Gasteiger partial charge is 0.503 e. The molecule has 6 nitrogen and oxygen atoms in total. The summed E-state index contributed by atoms with van der Waals surface area (Å²) in [4.78, 5) is 28.3. The third-order valence-corrected chi connectivity index (χ3v) is 3.43. The van der Waals surface area contributed by atoms with E-state index < -0.39 is 11.9 Å². The van der Waals surface area contributed by atoms with Crippen LogP contribution in [0.1, 0.15) is 23.6 Å². The molecule has 2 rings (SSSR count). The van der Waals surface area contributed by atoms with Crippen molar-refractivity contribution in [3.8, 4) is 0 Å². The molecule has 6 heteroatoms. The number of nitrogens with zero attached hydrogens (tertiary/aromatic N) is 1. The van der Waals surface area contributed by atoms with E-state index in [1.54, 1.807) is 24.3 Å². The van der Waals surface area contributed by atoms with Crippen molar-refractivity contribution < 1.29 is 23.9 Å². The highest BCUT2D eigenvalue weighted by Gasteiger charge is 2.20. The Labute approximate surface area is 151 Å². The zero-order valence-electron chi connectivity index (χ0n) is 14.8. The van der Waals surface area contributed by atoms with E-state index in [4.69, 9.17) is 14.3 Å². The Morgan fingerprint density at radius 3 is 2.12 bits per heavy atom. The average molecular weight is 353 g/mol. The second kappa shape index (κ2) is 9.17. The maximum absolute atomic E-state index is 12.2. The molecule has 0 spiro atoms. The van der Waals surface area contributed by atoms with Crippen LogP contribution in [0.2, 0.25) is 0 Å². The number of methoxy groups -OCH3 is 2. The second-order valence-corrected chi connectivity index (χ2v) is 5.19. The fraction of sp³-hybridized carbons (Fsp3) is 0.150. The molecular formula is C20H19NO5. The van der Waals surface area contributed by atoms with Gasteiger partial charge in [0.25, 0.3) is 0 Å².